The summed E-state index contributed by atoms with van der Waals surface area (Å²) in [4.78, 5) is 29.3. The van der Waals surface area contributed by atoms with Gasteiger partial charge in [-0.15, -0.1) is 0 Å². The van der Waals surface area contributed by atoms with Crippen LogP contribution in [-0.4, -0.2) is 136 Å². The number of nitrogens with one attached hydrogen (secondary N) is 1. The number of aliphatic carboxylic acids is 1. The SMILES string of the molecule is NC(N)C(OC(=O)CC(=O)O)C1OC2Oc3cc4c(c(C[NH+]5CC6=CC=NC6=C5CO)c3C#CCC1(O)C(O)C2O)C1Oc2c(ccc(OCO)c2OCCO)C1C(Cc1ccccc1)O4. The maximum absolute atomic E-state index is 12.6. The number of aliphatic imine (C=N–C) groups is 1. The van der Waals surface area contributed by atoms with Crippen molar-refractivity contribution in [3.8, 4) is 40.6 Å². The number of nitrogens with two attached hydrogens (primary N) is 2. The summed E-state index contributed by atoms with van der Waals surface area (Å²) in [5.74, 6) is 3.76. The highest BCUT2D eigenvalue weighted by Gasteiger charge is 2.60. The molecule has 348 valence electrons. The number of hydrogen-bond acceptors (Lipinski definition) is 18. The molecule has 7 aliphatic rings. The van der Waals surface area contributed by atoms with Crippen molar-refractivity contribution >= 4 is 18.2 Å². The third kappa shape index (κ3) is 8.02. The number of allylic oxidation sites excluding steroid dienone is 1. The summed E-state index contributed by atoms with van der Waals surface area (Å²) < 4.78 is 43.5. The fourth-order valence-electron chi connectivity index (χ4n) is 9.71. The summed E-state index contributed by atoms with van der Waals surface area (Å²) in [5, 5.41) is 74.9. The quantitative estimate of drug-likeness (QED) is 0.0347. The first-order valence-electron chi connectivity index (χ1n) is 21.3. The molecule has 0 radical (unpaired) electrons. The highest BCUT2D eigenvalue weighted by atomic mass is 16.7. The van der Waals surface area contributed by atoms with Crippen molar-refractivity contribution < 1.29 is 83.4 Å². The van der Waals surface area contributed by atoms with E-state index in [2.05, 4.69) is 16.8 Å². The van der Waals surface area contributed by atoms with Crippen molar-refractivity contribution in [1.82, 2.24) is 0 Å². The molecule has 3 aromatic carbocycles. The second kappa shape index (κ2) is 18.3. The number of rotatable bonds is 15. The molecule has 7 aliphatic heterocycles. The Morgan fingerprint density at radius 3 is 2.56 bits per heavy atom. The van der Waals surface area contributed by atoms with Gasteiger partial charge in [-0.2, -0.15) is 0 Å². The van der Waals surface area contributed by atoms with Gasteiger partial charge in [0, 0.05) is 47.4 Å². The first-order valence-corrected chi connectivity index (χ1v) is 21.3. The van der Waals surface area contributed by atoms with Crippen LogP contribution in [0.4, 0.5) is 0 Å². The number of hydrogen-bond donors (Lipinski definition) is 10. The van der Waals surface area contributed by atoms with Gasteiger partial charge < -0.3 is 80.4 Å². The van der Waals surface area contributed by atoms with E-state index in [4.69, 9.17) is 44.6 Å². The molecule has 0 amide bonds. The number of aliphatic hydroxyl groups excluding tert-OH is 5. The normalized spacial score (nSPS) is 28.0. The van der Waals surface area contributed by atoms with Crippen LogP contribution < -0.4 is 40.1 Å². The molecular formula is C46H49N4O16+. The number of benzene rings is 3. The smallest absolute Gasteiger partial charge is 0.317 e. The first kappa shape index (κ1) is 45.1. The number of carboxylic acid groups (broad SMARTS) is 1. The van der Waals surface area contributed by atoms with E-state index in [1.807, 2.05) is 42.5 Å². The van der Waals surface area contributed by atoms with E-state index in [-0.39, 0.29) is 49.2 Å². The second-order valence-corrected chi connectivity index (χ2v) is 16.7. The number of ether oxygens (including phenoxy) is 7. The lowest BCUT2D eigenvalue weighted by Gasteiger charge is -2.50. The molecule has 0 aliphatic carbocycles. The van der Waals surface area contributed by atoms with E-state index in [1.54, 1.807) is 18.3 Å². The van der Waals surface area contributed by atoms with E-state index >= 15 is 0 Å². The molecular weight excluding hydrogens is 865 g/mol. The fourth-order valence-corrected chi connectivity index (χ4v) is 9.71. The number of fused-ring (bicyclic) bond motifs is 9. The van der Waals surface area contributed by atoms with Crippen LogP contribution in [0, 0.1) is 11.8 Å². The molecule has 0 saturated carbocycles. The molecule has 1 fully saturated rings. The van der Waals surface area contributed by atoms with Crippen LogP contribution in [0.5, 0.6) is 28.7 Å². The minimum absolute atomic E-state index is 0.0160. The van der Waals surface area contributed by atoms with Gasteiger partial charge >= 0.3 is 11.9 Å². The lowest BCUT2D eigenvalue weighted by Crippen LogP contribution is -3.08. The third-order valence-corrected chi connectivity index (χ3v) is 12.6. The van der Waals surface area contributed by atoms with Crippen molar-refractivity contribution in [2.24, 2.45) is 16.5 Å². The Bertz CT molecular complexity index is 2560. The van der Waals surface area contributed by atoms with Gasteiger partial charge in [0.15, 0.2) is 30.1 Å². The van der Waals surface area contributed by atoms with Crippen molar-refractivity contribution in [3.63, 3.8) is 0 Å². The van der Waals surface area contributed by atoms with Gasteiger partial charge in [0.05, 0.1) is 24.3 Å². The van der Waals surface area contributed by atoms with E-state index in [0.29, 0.717) is 52.5 Å². The molecule has 1 saturated heterocycles. The summed E-state index contributed by atoms with van der Waals surface area (Å²) in [5.41, 5.74) is 14.7. The van der Waals surface area contributed by atoms with Crippen molar-refractivity contribution in [2.45, 2.75) is 86.4 Å². The van der Waals surface area contributed by atoms with Crippen molar-refractivity contribution in [1.29, 1.82) is 0 Å². The number of esters is 1. The fraction of sp³-hybridized carbons (Fsp3) is 0.413. The highest BCUT2D eigenvalue weighted by molar-refractivity contribution is 5.90. The Kier molecular flexibility index (Phi) is 12.5. The molecule has 0 spiro atoms. The van der Waals surface area contributed by atoms with E-state index in [1.165, 1.54) is 0 Å². The van der Waals surface area contributed by atoms with Crippen molar-refractivity contribution in [3.05, 3.63) is 99.4 Å². The van der Waals surface area contributed by atoms with Gasteiger partial charge in [-0.05, 0) is 17.7 Å². The Balaban J connectivity index is 1.22. The Hall–Kier alpha value is -6.09. The van der Waals surface area contributed by atoms with Crippen LogP contribution in [-0.2, 0) is 32.0 Å². The third-order valence-electron chi connectivity index (χ3n) is 12.6. The minimum Gasteiger partial charge on any atom is -0.489 e. The predicted octanol–water partition coefficient (Wildman–Crippen LogP) is -1.84. The predicted molar refractivity (Wildman–Crippen MR) is 226 cm³/mol. The summed E-state index contributed by atoms with van der Waals surface area (Å²) in [6.45, 7) is -0.843. The molecule has 10 atom stereocenters. The Labute approximate surface area is 376 Å². The summed E-state index contributed by atoms with van der Waals surface area (Å²) in [7, 11) is 0. The van der Waals surface area contributed by atoms with Crippen LogP contribution in [0.25, 0.3) is 0 Å². The molecule has 2 bridgehead atoms. The molecule has 20 nitrogen and oxygen atoms in total. The zero-order chi connectivity index (χ0) is 46.4. The van der Waals surface area contributed by atoms with Crippen LogP contribution in [0.1, 0.15) is 52.7 Å². The Morgan fingerprint density at radius 2 is 1.83 bits per heavy atom. The molecule has 66 heavy (non-hydrogen) atoms. The number of aliphatic hydroxyl groups is 6. The topological polar surface area (TPSA) is 309 Å². The van der Waals surface area contributed by atoms with Gasteiger partial charge in [0.2, 0.25) is 12.0 Å². The zero-order valence-corrected chi connectivity index (χ0v) is 35.2. The van der Waals surface area contributed by atoms with Gasteiger partial charge in [0.1, 0.15) is 86.0 Å². The maximum Gasteiger partial charge on any atom is 0.317 e. The largest absolute Gasteiger partial charge is 0.489 e. The van der Waals surface area contributed by atoms with Crippen molar-refractivity contribution in [2.75, 3.05) is 33.2 Å². The van der Waals surface area contributed by atoms with E-state index < -0.39 is 92.2 Å². The van der Waals surface area contributed by atoms with Crippen LogP contribution >= 0.6 is 0 Å². The number of nitrogens with zero attached hydrogens (tertiary/aromatic N) is 1. The van der Waals surface area contributed by atoms with Gasteiger partial charge in [-0.1, -0.05) is 48.2 Å². The average molecular weight is 914 g/mol. The van der Waals surface area contributed by atoms with Crippen LogP contribution in [0.15, 0.2) is 76.6 Å². The Morgan fingerprint density at radius 1 is 1.03 bits per heavy atom. The van der Waals surface area contributed by atoms with Crippen LogP contribution in [0.2, 0.25) is 0 Å². The summed E-state index contributed by atoms with van der Waals surface area (Å²) in [6.07, 6.45) is -10.1. The molecule has 0 aromatic heterocycles. The molecule has 3 aromatic rings. The van der Waals surface area contributed by atoms with E-state index in [0.717, 1.165) is 16.0 Å². The minimum atomic E-state index is -2.52. The number of carbonyl (C=O) groups excluding carboxylic acids is 1. The molecule has 7 heterocycles. The number of carbonyl (C=O) groups is 2. The zero-order valence-electron chi connectivity index (χ0n) is 35.2. The monoisotopic (exact) mass is 913 g/mol. The standard InChI is InChI=1S/C46H48N4O16/c47-44(48)41(64-33(56)17-32(54)55)43-46(59)11-4-7-24-26(19-50-18-23-10-12-49-36(23)27(50)20-52)35-31(16-29(24)63-45(66-43)37(57)42(46)58)62-30(15-22-5-2-1-3-6-22)34-25-8-9-28(61-21-53)39(60-14-13-51)38(25)65-40(34)35/h1-3,5-6,8-10,12,16,30,34,37,40-45,51-53,57-59H,11,13-15,17-21,47-48H2,(H,54,55)/p+1. The summed E-state index contributed by atoms with van der Waals surface area (Å²) in [6, 6.07) is 14.7. The first-order chi connectivity index (χ1) is 31.8. The maximum atomic E-state index is 12.6. The van der Waals surface area contributed by atoms with E-state index in [9.17, 15) is 45.3 Å². The van der Waals surface area contributed by atoms with Crippen LogP contribution in [0.3, 0.4) is 0 Å². The lowest BCUT2D eigenvalue weighted by atomic mass is 9.78. The molecule has 12 N–H and O–H groups in total. The van der Waals surface area contributed by atoms with Gasteiger partial charge in [0.25, 0.3) is 0 Å². The molecule has 20 heteroatoms. The van der Waals surface area contributed by atoms with Gasteiger partial charge in [-0.3, -0.25) is 19.5 Å². The summed E-state index contributed by atoms with van der Waals surface area (Å²) >= 11 is 0. The molecule has 10 rings (SSSR count). The lowest BCUT2D eigenvalue weighted by molar-refractivity contribution is -0.867. The second-order valence-electron chi connectivity index (χ2n) is 16.7. The molecule has 10 unspecified atom stereocenters. The highest BCUT2D eigenvalue weighted by Crippen LogP contribution is 2.60. The van der Waals surface area contributed by atoms with Gasteiger partial charge in [-0.25, -0.2) is 0 Å². The number of carboxylic acids is 1. The number of quaternary nitrogens is 1. The average Bonchev–Trinajstić information content (AvgIpc) is 4.00.